The average Bonchev–Trinajstić information content (AvgIpc) is 3.06. The predicted octanol–water partition coefficient (Wildman–Crippen LogP) is 3.73. The molecule has 1 saturated heterocycles. The summed E-state index contributed by atoms with van der Waals surface area (Å²) in [7, 11) is 0. The van der Waals surface area contributed by atoms with Gasteiger partial charge in [0.1, 0.15) is 6.54 Å². The molecular formula is C25H38N4O4. The molecule has 0 spiro atoms. The molecule has 182 valence electrons. The molecule has 3 amide bonds. The first-order valence-electron chi connectivity index (χ1n) is 12.5. The van der Waals surface area contributed by atoms with Gasteiger partial charge in [0.25, 0.3) is 5.91 Å². The van der Waals surface area contributed by atoms with Gasteiger partial charge in [-0.3, -0.25) is 19.6 Å². The molecule has 2 unspecified atom stereocenters. The van der Waals surface area contributed by atoms with Crippen LogP contribution < -0.4 is 16.4 Å². The van der Waals surface area contributed by atoms with Crippen LogP contribution in [0.4, 0.5) is 5.69 Å². The molecule has 8 heteroatoms. The molecule has 2 heterocycles. The van der Waals surface area contributed by atoms with Gasteiger partial charge in [-0.25, -0.2) is 4.79 Å². The first-order valence-corrected chi connectivity index (χ1v) is 12.5. The van der Waals surface area contributed by atoms with E-state index in [4.69, 9.17) is 5.73 Å². The molecule has 2 aliphatic heterocycles. The van der Waals surface area contributed by atoms with Crippen LogP contribution in [0, 0.1) is 5.21 Å². The number of hydrogen-bond donors (Lipinski definition) is 3. The summed E-state index contributed by atoms with van der Waals surface area (Å²) in [6, 6.07) is 4.24. The van der Waals surface area contributed by atoms with E-state index >= 15 is 0 Å². The SMILES string of the molecule is NCCCCCCCCCCCCNc1cccc2c1C[N+]([O-])(C1CCC(=O)NC1=O)C2=O. The molecule has 8 nitrogen and oxygen atoms in total. The van der Waals surface area contributed by atoms with Gasteiger partial charge in [-0.15, -0.1) is 0 Å². The summed E-state index contributed by atoms with van der Waals surface area (Å²) in [5.41, 5.74) is 7.36. The highest BCUT2D eigenvalue weighted by Crippen LogP contribution is 2.37. The van der Waals surface area contributed by atoms with E-state index in [1.165, 1.54) is 44.9 Å². The van der Waals surface area contributed by atoms with Gasteiger partial charge < -0.3 is 16.3 Å². The number of imide groups is 1. The van der Waals surface area contributed by atoms with Crippen molar-refractivity contribution in [3.8, 4) is 0 Å². The van der Waals surface area contributed by atoms with Crippen LogP contribution in [-0.4, -0.2) is 41.5 Å². The number of hydroxylamine groups is 3. The van der Waals surface area contributed by atoms with Crippen molar-refractivity contribution >= 4 is 23.4 Å². The summed E-state index contributed by atoms with van der Waals surface area (Å²) < 4.78 is -1.24. The Hall–Kier alpha value is -2.29. The van der Waals surface area contributed by atoms with Gasteiger partial charge in [-0.05, 0) is 31.5 Å². The first-order chi connectivity index (χ1) is 16.0. The summed E-state index contributed by atoms with van der Waals surface area (Å²) in [4.78, 5) is 36.6. The summed E-state index contributed by atoms with van der Waals surface area (Å²) >= 11 is 0. The molecule has 1 aromatic carbocycles. The quantitative estimate of drug-likeness (QED) is 0.169. The Balaban J connectivity index is 1.42. The lowest BCUT2D eigenvalue weighted by Gasteiger charge is -2.42. The van der Waals surface area contributed by atoms with Crippen molar-refractivity contribution in [1.82, 2.24) is 5.32 Å². The molecule has 0 saturated carbocycles. The van der Waals surface area contributed by atoms with Gasteiger partial charge in [0.15, 0.2) is 6.04 Å². The van der Waals surface area contributed by atoms with Crippen molar-refractivity contribution in [2.24, 2.45) is 5.73 Å². The zero-order valence-corrected chi connectivity index (χ0v) is 19.6. The van der Waals surface area contributed by atoms with Gasteiger partial charge >= 0.3 is 5.91 Å². The highest BCUT2D eigenvalue weighted by molar-refractivity contribution is 6.02. The van der Waals surface area contributed by atoms with Crippen LogP contribution in [-0.2, 0) is 16.1 Å². The monoisotopic (exact) mass is 458 g/mol. The maximum absolute atomic E-state index is 13.5. The van der Waals surface area contributed by atoms with Crippen LogP contribution in [0.25, 0.3) is 0 Å². The van der Waals surface area contributed by atoms with Gasteiger partial charge in [-0.1, -0.05) is 57.4 Å². The number of nitrogens with zero attached hydrogens (tertiary/aromatic N) is 1. The lowest BCUT2D eigenvalue weighted by Crippen LogP contribution is -2.60. The standard InChI is InChI=1S/C25H38N4O4/c26-16-9-7-5-3-1-2-4-6-8-10-17-27-21-13-11-12-19-20(21)18-29(33,25(19)32)22-14-15-23(30)28-24(22)31/h11-13,22,27H,1-10,14-18,26H2,(H,28,30,31). The second-order valence-corrected chi connectivity index (χ2v) is 9.31. The number of carbonyl (C=O) groups is 3. The topological polar surface area (TPSA) is 124 Å². The van der Waals surface area contributed by atoms with E-state index < -0.39 is 28.4 Å². The third-order valence-electron chi connectivity index (χ3n) is 6.80. The van der Waals surface area contributed by atoms with E-state index in [-0.39, 0.29) is 19.4 Å². The van der Waals surface area contributed by atoms with Crippen molar-refractivity contribution < 1.29 is 19.0 Å². The van der Waals surface area contributed by atoms with Gasteiger partial charge in [0.05, 0.1) is 5.56 Å². The molecule has 33 heavy (non-hydrogen) atoms. The Kier molecular flexibility index (Phi) is 9.41. The number of nitrogens with two attached hydrogens (primary N) is 1. The molecule has 0 aromatic heterocycles. The van der Waals surface area contributed by atoms with Crippen LogP contribution in [0.1, 0.15) is 93.0 Å². The Morgan fingerprint density at radius 2 is 1.61 bits per heavy atom. The fourth-order valence-corrected chi connectivity index (χ4v) is 4.87. The van der Waals surface area contributed by atoms with Crippen molar-refractivity contribution in [2.45, 2.75) is 89.6 Å². The smallest absolute Gasteiger partial charge is 0.347 e. The molecule has 1 aromatic rings. The molecule has 1 fully saturated rings. The number of hydrogen-bond acceptors (Lipinski definition) is 6. The molecule has 3 rings (SSSR count). The minimum Gasteiger partial charge on any atom is -0.624 e. The van der Waals surface area contributed by atoms with E-state index in [0.29, 0.717) is 11.1 Å². The van der Waals surface area contributed by atoms with E-state index in [1.54, 1.807) is 12.1 Å². The average molecular weight is 459 g/mol. The zero-order valence-electron chi connectivity index (χ0n) is 19.6. The maximum Gasteiger partial charge on any atom is 0.347 e. The molecule has 0 bridgehead atoms. The third kappa shape index (κ3) is 6.40. The van der Waals surface area contributed by atoms with Crippen molar-refractivity contribution in [3.63, 3.8) is 0 Å². The van der Waals surface area contributed by atoms with E-state index in [2.05, 4.69) is 10.6 Å². The van der Waals surface area contributed by atoms with Gasteiger partial charge in [0, 0.05) is 30.6 Å². The van der Waals surface area contributed by atoms with Crippen LogP contribution in [0.2, 0.25) is 0 Å². The number of piperidine rings is 1. The molecule has 2 atom stereocenters. The van der Waals surface area contributed by atoms with E-state index in [1.807, 2.05) is 6.07 Å². The van der Waals surface area contributed by atoms with E-state index in [9.17, 15) is 19.6 Å². The Labute approximate surface area is 196 Å². The number of anilines is 1. The Bertz CT molecular complexity index is 844. The zero-order chi connectivity index (χ0) is 23.7. The normalized spacial score (nSPS) is 22.4. The van der Waals surface area contributed by atoms with Crippen LogP contribution in [0.5, 0.6) is 0 Å². The number of quaternary nitrogens is 1. The summed E-state index contributed by atoms with van der Waals surface area (Å²) in [5, 5.41) is 19.1. The van der Waals surface area contributed by atoms with Crippen LogP contribution in [0.15, 0.2) is 18.2 Å². The summed E-state index contributed by atoms with van der Waals surface area (Å²) in [6.07, 6.45) is 12.4. The molecule has 0 aliphatic carbocycles. The Morgan fingerprint density at radius 3 is 2.24 bits per heavy atom. The maximum atomic E-state index is 13.5. The molecule has 2 aliphatic rings. The number of nitrogens with one attached hydrogen (secondary N) is 2. The largest absolute Gasteiger partial charge is 0.624 e. The highest BCUT2D eigenvalue weighted by Gasteiger charge is 2.49. The minimum atomic E-state index is -1.24. The molecular weight excluding hydrogens is 420 g/mol. The van der Waals surface area contributed by atoms with Gasteiger partial charge in [-0.2, -0.15) is 0 Å². The Morgan fingerprint density at radius 1 is 0.970 bits per heavy atom. The molecule has 0 radical (unpaired) electrons. The second kappa shape index (κ2) is 12.3. The number of carbonyl (C=O) groups excluding carboxylic acids is 3. The predicted molar refractivity (Wildman–Crippen MR) is 128 cm³/mol. The van der Waals surface area contributed by atoms with Crippen LogP contribution in [0.3, 0.4) is 0 Å². The number of benzene rings is 1. The lowest BCUT2D eigenvalue weighted by molar-refractivity contribution is -0.825. The van der Waals surface area contributed by atoms with Crippen molar-refractivity contribution in [1.29, 1.82) is 0 Å². The second-order valence-electron chi connectivity index (χ2n) is 9.31. The molecule has 4 N–H and O–H groups in total. The summed E-state index contributed by atoms with van der Waals surface area (Å²) in [6.45, 7) is 1.50. The number of fused-ring (bicyclic) bond motifs is 1. The lowest BCUT2D eigenvalue weighted by atomic mass is 10.0. The van der Waals surface area contributed by atoms with Gasteiger partial charge in [0.2, 0.25) is 5.91 Å². The number of rotatable bonds is 14. The van der Waals surface area contributed by atoms with Crippen molar-refractivity contribution in [3.05, 3.63) is 34.5 Å². The fourth-order valence-electron chi connectivity index (χ4n) is 4.87. The van der Waals surface area contributed by atoms with E-state index in [0.717, 1.165) is 38.0 Å². The summed E-state index contributed by atoms with van der Waals surface area (Å²) in [5.74, 6) is -1.63. The number of unbranched alkanes of at least 4 members (excludes halogenated alkanes) is 9. The fraction of sp³-hybridized carbons (Fsp3) is 0.640. The highest BCUT2D eigenvalue weighted by atomic mass is 16.6. The third-order valence-corrected chi connectivity index (χ3v) is 6.80. The van der Waals surface area contributed by atoms with Crippen LogP contribution >= 0.6 is 0 Å². The number of amides is 3. The first kappa shape index (κ1) is 25.3. The minimum absolute atomic E-state index is 0.0745. The van der Waals surface area contributed by atoms with Crippen molar-refractivity contribution in [2.75, 3.05) is 18.4 Å².